The number of hydrogen-bond acceptors (Lipinski definition) is 6. The average Bonchev–Trinajstić information content (AvgIpc) is 3.16. The van der Waals surface area contributed by atoms with Crippen LogP contribution in [0.15, 0.2) is 23.3 Å². The zero-order valence-electron chi connectivity index (χ0n) is 15.2. The Labute approximate surface area is 152 Å². The van der Waals surface area contributed by atoms with Gasteiger partial charge < -0.3 is 19.7 Å². The van der Waals surface area contributed by atoms with Crippen LogP contribution in [-0.4, -0.2) is 47.6 Å². The van der Waals surface area contributed by atoms with Gasteiger partial charge in [-0.3, -0.25) is 0 Å². The molecule has 0 bridgehead atoms. The van der Waals surface area contributed by atoms with Crippen LogP contribution in [0.4, 0.5) is 0 Å². The van der Waals surface area contributed by atoms with E-state index in [-0.39, 0.29) is 29.3 Å². The van der Waals surface area contributed by atoms with Crippen molar-refractivity contribution in [1.29, 1.82) is 0 Å². The van der Waals surface area contributed by atoms with Crippen molar-refractivity contribution in [3.05, 3.63) is 23.3 Å². The van der Waals surface area contributed by atoms with Crippen LogP contribution >= 0.6 is 0 Å². The van der Waals surface area contributed by atoms with Crippen LogP contribution in [0.2, 0.25) is 0 Å². The van der Waals surface area contributed by atoms with Crippen molar-refractivity contribution in [2.45, 2.75) is 51.7 Å². The molecule has 0 radical (unpaired) electrons. The summed E-state index contributed by atoms with van der Waals surface area (Å²) < 4.78 is 10.3. The molecule has 2 N–H and O–H groups in total. The van der Waals surface area contributed by atoms with Gasteiger partial charge in [0.15, 0.2) is 0 Å². The summed E-state index contributed by atoms with van der Waals surface area (Å²) in [5.41, 5.74) is 0.563. The summed E-state index contributed by atoms with van der Waals surface area (Å²) in [6, 6.07) is 0. The van der Waals surface area contributed by atoms with Gasteiger partial charge in [0.05, 0.1) is 12.2 Å². The largest absolute Gasteiger partial charge is 0.461 e. The molecule has 1 saturated carbocycles. The second kappa shape index (κ2) is 5.92. The Kier molecular flexibility index (Phi) is 4.04. The number of carbonyl (C=O) groups is 2. The number of esters is 2. The van der Waals surface area contributed by atoms with Crippen molar-refractivity contribution >= 4 is 11.9 Å². The normalized spacial score (nSPS) is 43.0. The molecule has 2 fully saturated rings. The van der Waals surface area contributed by atoms with Gasteiger partial charge in [-0.2, -0.15) is 0 Å². The summed E-state index contributed by atoms with van der Waals surface area (Å²) in [6.45, 7) is 4.81. The molecule has 6 atom stereocenters. The molecule has 4 aliphatic rings. The van der Waals surface area contributed by atoms with Gasteiger partial charge in [0, 0.05) is 22.6 Å². The van der Waals surface area contributed by atoms with Gasteiger partial charge >= 0.3 is 11.9 Å². The molecule has 0 aromatic heterocycles. The van der Waals surface area contributed by atoms with Crippen molar-refractivity contribution in [3.8, 4) is 0 Å². The van der Waals surface area contributed by atoms with E-state index in [0.29, 0.717) is 36.5 Å². The van der Waals surface area contributed by atoms with Crippen LogP contribution < -0.4 is 0 Å². The molecule has 0 aromatic rings. The summed E-state index contributed by atoms with van der Waals surface area (Å²) in [5, 5.41) is 21.2. The van der Waals surface area contributed by atoms with Gasteiger partial charge in [-0.15, -0.1) is 0 Å². The third-order valence-corrected chi connectivity index (χ3v) is 7.41. The number of aliphatic hydroxyl groups is 2. The standard InChI is InChI=1S/C20H26O6/c1-11-3-4-20-10-26-18(24)14(20)6-13(21)7-16(20)19(11,2)8-15(22)12-5-17(23)25-9-12/h5-6,11,13,15-16,21-22H,3-4,7-10H2,1-2H3/t11?,13?,15?,16?,19-,20?/m0/s1. The Morgan fingerprint density at radius 1 is 1.35 bits per heavy atom. The summed E-state index contributed by atoms with van der Waals surface area (Å²) in [5.74, 6) is -0.378. The van der Waals surface area contributed by atoms with E-state index in [0.717, 1.165) is 12.8 Å². The van der Waals surface area contributed by atoms with Crippen molar-refractivity contribution in [2.24, 2.45) is 22.7 Å². The molecule has 142 valence electrons. The maximum atomic E-state index is 12.2. The molecule has 2 aliphatic carbocycles. The number of rotatable bonds is 3. The minimum Gasteiger partial charge on any atom is -0.461 e. The van der Waals surface area contributed by atoms with E-state index in [2.05, 4.69) is 13.8 Å². The lowest BCUT2D eigenvalue weighted by molar-refractivity contribution is -0.136. The highest BCUT2D eigenvalue weighted by molar-refractivity contribution is 5.93. The number of cyclic esters (lactones) is 2. The van der Waals surface area contributed by atoms with Crippen LogP contribution in [0.1, 0.15) is 39.5 Å². The van der Waals surface area contributed by atoms with E-state index in [1.807, 2.05) is 0 Å². The van der Waals surface area contributed by atoms with E-state index < -0.39 is 18.2 Å². The van der Waals surface area contributed by atoms with Crippen molar-refractivity contribution in [1.82, 2.24) is 0 Å². The van der Waals surface area contributed by atoms with Crippen LogP contribution in [0.3, 0.4) is 0 Å². The Balaban J connectivity index is 1.68. The lowest BCUT2D eigenvalue weighted by Gasteiger charge is -2.57. The highest BCUT2D eigenvalue weighted by Crippen LogP contribution is 2.64. The predicted molar refractivity (Wildman–Crippen MR) is 91.8 cm³/mol. The first-order chi connectivity index (χ1) is 12.3. The highest BCUT2D eigenvalue weighted by Gasteiger charge is 2.62. The van der Waals surface area contributed by atoms with Crippen LogP contribution in [0.25, 0.3) is 0 Å². The first-order valence-corrected chi connectivity index (χ1v) is 9.39. The maximum absolute atomic E-state index is 12.2. The number of aliphatic hydroxyl groups excluding tert-OH is 2. The first-order valence-electron chi connectivity index (χ1n) is 9.39. The molecule has 5 unspecified atom stereocenters. The molecule has 6 nitrogen and oxygen atoms in total. The van der Waals surface area contributed by atoms with Crippen LogP contribution in [0.5, 0.6) is 0 Å². The monoisotopic (exact) mass is 362 g/mol. The number of carbonyl (C=O) groups excluding carboxylic acids is 2. The Bertz CT molecular complexity index is 709. The maximum Gasteiger partial charge on any atom is 0.334 e. The van der Waals surface area contributed by atoms with E-state index in [1.54, 1.807) is 6.08 Å². The van der Waals surface area contributed by atoms with Gasteiger partial charge in [-0.25, -0.2) is 9.59 Å². The molecule has 0 amide bonds. The molecule has 0 aromatic carbocycles. The summed E-state index contributed by atoms with van der Waals surface area (Å²) >= 11 is 0. The molecule has 2 heterocycles. The molecule has 2 aliphatic heterocycles. The fourth-order valence-corrected chi connectivity index (χ4v) is 5.70. The Hall–Kier alpha value is -1.66. The minimum absolute atomic E-state index is 0.0356. The van der Waals surface area contributed by atoms with E-state index in [4.69, 9.17) is 9.47 Å². The Morgan fingerprint density at radius 3 is 2.81 bits per heavy atom. The molecule has 1 saturated heterocycles. The fourth-order valence-electron chi connectivity index (χ4n) is 5.70. The molecule has 26 heavy (non-hydrogen) atoms. The van der Waals surface area contributed by atoms with Crippen molar-refractivity contribution in [3.63, 3.8) is 0 Å². The van der Waals surface area contributed by atoms with E-state index in [1.165, 1.54) is 6.08 Å². The predicted octanol–water partition coefficient (Wildman–Crippen LogP) is 1.51. The summed E-state index contributed by atoms with van der Waals surface area (Å²) in [4.78, 5) is 23.6. The van der Waals surface area contributed by atoms with Gasteiger partial charge in [0.25, 0.3) is 0 Å². The molecular formula is C20H26O6. The minimum atomic E-state index is -0.770. The third kappa shape index (κ3) is 2.46. The zero-order chi connectivity index (χ0) is 18.7. The SMILES string of the molecule is CC1CCC23COC(=O)C2=CC(O)CC3[C@@]1(C)CC(O)C1=CC(=O)OC1. The average molecular weight is 362 g/mol. The molecule has 6 heteroatoms. The van der Waals surface area contributed by atoms with E-state index >= 15 is 0 Å². The first kappa shape index (κ1) is 17.7. The van der Waals surface area contributed by atoms with Crippen molar-refractivity contribution in [2.75, 3.05) is 13.2 Å². The molecule has 1 spiro atoms. The fraction of sp³-hybridized carbons (Fsp3) is 0.700. The van der Waals surface area contributed by atoms with Gasteiger partial charge in [-0.1, -0.05) is 13.8 Å². The summed E-state index contributed by atoms with van der Waals surface area (Å²) in [6.07, 6.45) is 4.42. The number of ether oxygens (including phenoxy) is 2. The lowest BCUT2D eigenvalue weighted by atomic mass is 9.46. The lowest BCUT2D eigenvalue weighted by Crippen LogP contribution is -2.54. The van der Waals surface area contributed by atoms with Gasteiger partial charge in [0.1, 0.15) is 13.2 Å². The van der Waals surface area contributed by atoms with Gasteiger partial charge in [-0.05, 0) is 49.0 Å². The van der Waals surface area contributed by atoms with E-state index in [9.17, 15) is 19.8 Å². The van der Waals surface area contributed by atoms with Gasteiger partial charge in [0.2, 0.25) is 0 Å². The second-order valence-corrected chi connectivity index (χ2v) is 8.66. The van der Waals surface area contributed by atoms with Crippen molar-refractivity contribution < 1.29 is 29.3 Å². The highest BCUT2D eigenvalue weighted by atomic mass is 16.5. The molecule has 4 rings (SSSR count). The molecular weight excluding hydrogens is 336 g/mol. The summed E-state index contributed by atoms with van der Waals surface area (Å²) in [7, 11) is 0. The quantitative estimate of drug-likeness (QED) is 0.739. The van der Waals surface area contributed by atoms with Crippen LogP contribution in [-0.2, 0) is 19.1 Å². The number of hydrogen-bond donors (Lipinski definition) is 2. The second-order valence-electron chi connectivity index (χ2n) is 8.66. The topological polar surface area (TPSA) is 93.1 Å². The smallest absolute Gasteiger partial charge is 0.334 e. The third-order valence-electron chi connectivity index (χ3n) is 7.41. The van der Waals surface area contributed by atoms with Crippen LogP contribution in [0, 0.1) is 22.7 Å². The Morgan fingerprint density at radius 2 is 2.12 bits per heavy atom. The zero-order valence-corrected chi connectivity index (χ0v) is 15.2.